The summed E-state index contributed by atoms with van der Waals surface area (Å²) in [4.78, 5) is 1.53. The molecule has 0 aromatic rings. The first-order valence-electron chi connectivity index (χ1n) is 6.90. The van der Waals surface area contributed by atoms with E-state index in [1.165, 1.54) is 17.7 Å². The van der Waals surface area contributed by atoms with Crippen molar-refractivity contribution in [2.45, 2.75) is 51.7 Å². The summed E-state index contributed by atoms with van der Waals surface area (Å²) in [6.07, 6.45) is 0.183. The lowest BCUT2D eigenvalue weighted by atomic mass is 9.93. The Balaban J connectivity index is 2.24. The molecule has 0 atom stereocenters. The first-order valence-corrected chi connectivity index (χ1v) is 6.90. The fourth-order valence-electron chi connectivity index (χ4n) is 2.50. The molecule has 1 heterocycles. The predicted octanol–water partition coefficient (Wildman–Crippen LogP) is 3.04. The predicted molar refractivity (Wildman–Crippen MR) is 67.6 cm³/mol. The zero-order valence-electron chi connectivity index (χ0n) is 11.4. The maximum atomic E-state index is 12.4. The van der Waals surface area contributed by atoms with Crippen LogP contribution in [-0.4, -0.2) is 43.3 Å². The lowest BCUT2D eigenvalue weighted by Gasteiger charge is -2.29. The minimum Gasteiger partial charge on any atom is -0.317 e. The smallest absolute Gasteiger partial charge is 0.317 e. The van der Waals surface area contributed by atoms with Gasteiger partial charge in [0.15, 0.2) is 0 Å². The van der Waals surface area contributed by atoms with Crippen molar-refractivity contribution in [3.05, 3.63) is 0 Å². The van der Waals surface area contributed by atoms with E-state index in [0.717, 1.165) is 25.9 Å². The Hall–Kier alpha value is -0.290. The van der Waals surface area contributed by atoms with E-state index in [1.54, 1.807) is 0 Å². The first-order chi connectivity index (χ1) is 8.38. The van der Waals surface area contributed by atoms with E-state index in [-0.39, 0.29) is 6.04 Å². The quantitative estimate of drug-likeness (QED) is 0.795. The van der Waals surface area contributed by atoms with E-state index in [2.05, 4.69) is 5.32 Å². The SMILES string of the molecule is CC(C)N(CCCC1CCNCC1)CC(F)(F)F. The van der Waals surface area contributed by atoms with Crippen LogP contribution < -0.4 is 5.32 Å². The van der Waals surface area contributed by atoms with Gasteiger partial charge in [0.2, 0.25) is 0 Å². The zero-order valence-corrected chi connectivity index (χ0v) is 11.4. The van der Waals surface area contributed by atoms with Gasteiger partial charge in [-0.2, -0.15) is 13.2 Å². The number of hydrogen-bond donors (Lipinski definition) is 1. The van der Waals surface area contributed by atoms with Crippen molar-refractivity contribution in [1.29, 1.82) is 0 Å². The van der Waals surface area contributed by atoms with Gasteiger partial charge in [-0.1, -0.05) is 0 Å². The Bertz CT molecular complexity index is 223. The second-order valence-corrected chi connectivity index (χ2v) is 5.52. The molecule has 0 bridgehead atoms. The van der Waals surface area contributed by atoms with Crippen LogP contribution in [0, 0.1) is 5.92 Å². The molecule has 0 spiro atoms. The molecule has 18 heavy (non-hydrogen) atoms. The third-order valence-corrected chi connectivity index (χ3v) is 3.63. The standard InChI is InChI=1S/C13H25F3N2/c1-11(2)18(10-13(14,15)16)9-3-4-12-5-7-17-8-6-12/h11-12,17H,3-10H2,1-2H3. The lowest BCUT2D eigenvalue weighted by Crippen LogP contribution is -2.39. The molecule has 1 saturated heterocycles. The Morgan fingerprint density at radius 3 is 2.33 bits per heavy atom. The molecule has 0 radical (unpaired) electrons. The van der Waals surface area contributed by atoms with Crippen molar-refractivity contribution in [2.24, 2.45) is 5.92 Å². The van der Waals surface area contributed by atoms with Crippen LogP contribution in [0.25, 0.3) is 0 Å². The first kappa shape index (κ1) is 15.8. The number of rotatable bonds is 6. The lowest BCUT2D eigenvalue weighted by molar-refractivity contribution is -0.149. The van der Waals surface area contributed by atoms with Gasteiger partial charge >= 0.3 is 6.18 Å². The van der Waals surface area contributed by atoms with Crippen molar-refractivity contribution < 1.29 is 13.2 Å². The van der Waals surface area contributed by atoms with E-state index in [1.807, 2.05) is 13.8 Å². The third kappa shape index (κ3) is 6.59. The summed E-state index contributed by atoms with van der Waals surface area (Å²) >= 11 is 0. The van der Waals surface area contributed by atoms with Crippen molar-refractivity contribution in [2.75, 3.05) is 26.2 Å². The highest BCUT2D eigenvalue weighted by molar-refractivity contribution is 4.71. The van der Waals surface area contributed by atoms with Crippen LogP contribution in [0.5, 0.6) is 0 Å². The van der Waals surface area contributed by atoms with Crippen LogP contribution >= 0.6 is 0 Å². The maximum Gasteiger partial charge on any atom is 0.401 e. The second kappa shape index (κ2) is 7.34. The van der Waals surface area contributed by atoms with Gasteiger partial charge in [-0.05, 0) is 65.1 Å². The molecule has 1 aliphatic rings. The van der Waals surface area contributed by atoms with Gasteiger partial charge in [0, 0.05) is 6.04 Å². The second-order valence-electron chi connectivity index (χ2n) is 5.52. The molecular weight excluding hydrogens is 241 g/mol. The number of nitrogens with one attached hydrogen (secondary N) is 1. The third-order valence-electron chi connectivity index (χ3n) is 3.63. The zero-order chi connectivity index (χ0) is 13.6. The van der Waals surface area contributed by atoms with Gasteiger partial charge in [-0.25, -0.2) is 0 Å². The molecule has 2 nitrogen and oxygen atoms in total. The minimum atomic E-state index is -4.08. The molecule has 108 valence electrons. The fourth-order valence-corrected chi connectivity index (χ4v) is 2.50. The Kier molecular flexibility index (Phi) is 6.43. The molecule has 0 amide bonds. The van der Waals surface area contributed by atoms with Crippen molar-refractivity contribution in [3.63, 3.8) is 0 Å². The fraction of sp³-hybridized carbons (Fsp3) is 1.00. The molecule has 1 aliphatic heterocycles. The Morgan fingerprint density at radius 2 is 1.83 bits per heavy atom. The summed E-state index contributed by atoms with van der Waals surface area (Å²) in [7, 11) is 0. The summed E-state index contributed by atoms with van der Waals surface area (Å²) in [5.74, 6) is 0.700. The molecule has 0 aliphatic carbocycles. The average molecular weight is 266 g/mol. The van der Waals surface area contributed by atoms with Gasteiger partial charge in [0.25, 0.3) is 0 Å². The van der Waals surface area contributed by atoms with E-state index in [4.69, 9.17) is 0 Å². The minimum absolute atomic E-state index is 0.0420. The molecule has 0 aromatic carbocycles. The molecule has 1 N–H and O–H groups in total. The topological polar surface area (TPSA) is 15.3 Å². The summed E-state index contributed by atoms with van der Waals surface area (Å²) in [6.45, 7) is 5.55. The van der Waals surface area contributed by atoms with Crippen LogP contribution in [0.1, 0.15) is 39.5 Å². The highest BCUT2D eigenvalue weighted by Crippen LogP contribution is 2.21. The van der Waals surface area contributed by atoms with Crippen LogP contribution in [0.15, 0.2) is 0 Å². The normalized spacial score (nSPS) is 18.8. The highest BCUT2D eigenvalue weighted by atomic mass is 19.4. The highest BCUT2D eigenvalue weighted by Gasteiger charge is 2.31. The van der Waals surface area contributed by atoms with Crippen molar-refractivity contribution in [3.8, 4) is 0 Å². The number of alkyl halides is 3. The van der Waals surface area contributed by atoms with Crippen LogP contribution in [-0.2, 0) is 0 Å². The largest absolute Gasteiger partial charge is 0.401 e. The summed E-state index contributed by atoms with van der Waals surface area (Å²) < 4.78 is 37.2. The maximum absolute atomic E-state index is 12.4. The Labute approximate surface area is 108 Å². The van der Waals surface area contributed by atoms with E-state index < -0.39 is 12.7 Å². The number of nitrogens with zero attached hydrogens (tertiary/aromatic N) is 1. The van der Waals surface area contributed by atoms with E-state index in [0.29, 0.717) is 12.5 Å². The molecule has 5 heteroatoms. The summed E-state index contributed by atoms with van der Waals surface area (Å²) in [6, 6.07) is -0.0420. The van der Waals surface area contributed by atoms with Crippen LogP contribution in [0.3, 0.4) is 0 Å². The molecule has 1 fully saturated rings. The molecule has 1 rings (SSSR count). The van der Waals surface area contributed by atoms with Gasteiger partial charge < -0.3 is 5.32 Å². The van der Waals surface area contributed by atoms with Gasteiger partial charge in [0.05, 0.1) is 6.54 Å². The van der Waals surface area contributed by atoms with Crippen molar-refractivity contribution in [1.82, 2.24) is 10.2 Å². The van der Waals surface area contributed by atoms with Crippen LogP contribution in [0.2, 0.25) is 0 Å². The molecule has 0 aromatic heterocycles. The molecular formula is C13H25F3N2. The number of hydrogen-bond acceptors (Lipinski definition) is 2. The van der Waals surface area contributed by atoms with Gasteiger partial charge in [-0.3, -0.25) is 4.90 Å². The number of halogens is 3. The van der Waals surface area contributed by atoms with Crippen molar-refractivity contribution >= 4 is 0 Å². The summed E-state index contributed by atoms with van der Waals surface area (Å²) in [5.41, 5.74) is 0. The van der Waals surface area contributed by atoms with Gasteiger partial charge in [0.1, 0.15) is 0 Å². The summed E-state index contributed by atoms with van der Waals surface area (Å²) in [5, 5.41) is 3.30. The van der Waals surface area contributed by atoms with E-state index >= 15 is 0 Å². The van der Waals surface area contributed by atoms with E-state index in [9.17, 15) is 13.2 Å². The monoisotopic (exact) mass is 266 g/mol. The van der Waals surface area contributed by atoms with Crippen LogP contribution in [0.4, 0.5) is 13.2 Å². The molecule has 0 saturated carbocycles. The number of piperidine rings is 1. The molecule has 0 unspecified atom stereocenters. The van der Waals surface area contributed by atoms with Gasteiger partial charge in [-0.15, -0.1) is 0 Å². The average Bonchev–Trinajstić information content (AvgIpc) is 2.27. The Morgan fingerprint density at radius 1 is 1.22 bits per heavy atom.